The normalized spacial score (nSPS) is 27.2. The van der Waals surface area contributed by atoms with Crippen molar-refractivity contribution in [3.63, 3.8) is 0 Å². The molecule has 2 aliphatic heterocycles. The van der Waals surface area contributed by atoms with E-state index in [4.69, 9.17) is 26.8 Å². The third-order valence-corrected chi connectivity index (χ3v) is 4.92. The first kappa shape index (κ1) is 17.2. The molecular weight excluding hydrogens is 364 g/mol. The van der Waals surface area contributed by atoms with Crippen LogP contribution in [0.5, 0.6) is 5.75 Å². The number of amidine groups is 1. The number of nitrogens with two attached hydrogens (primary N) is 1. The summed E-state index contributed by atoms with van der Waals surface area (Å²) in [6, 6.07) is 9.85. The molecule has 0 bridgehead atoms. The Morgan fingerprint density at radius 1 is 1.19 bits per heavy atom. The fourth-order valence-electron chi connectivity index (χ4n) is 3.41. The van der Waals surface area contributed by atoms with Gasteiger partial charge < -0.3 is 15.2 Å². The van der Waals surface area contributed by atoms with Crippen LogP contribution < -0.4 is 10.5 Å². The molecule has 136 valence electrons. The average molecular weight is 380 g/mol. The maximum absolute atomic E-state index is 15.2. The summed E-state index contributed by atoms with van der Waals surface area (Å²) < 4.78 is 41.4. The molecule has 2 aromatic rings. The van der Waals surface area contributed by atoms with Gasteiger partial charge in [0.15, 0.2) is 11.6 Å². The van der Waals surface area contributed by atoms with Crippen molar-refractivity contribution in [3.05, 3.63) is 58.9 Å². The quantitative estimate of drug-likeness (QED) is 0.823. The summed E-state index contributed by atoms with van der Waals surface area (Å²) in [6.07, 6.45) is 0.449. The SMILES string of the molecule is NC1=NC2(CCOc3ccccc32)C(F)(F)CO[C@@H]1c1ccc(Cl)cn1. The van der Waals surface area contributed by atoms with Crippen molar-refractivity contribution in [3.8, 4) is 5.75 Å². The van der Waals surface area contributed by atoms with E-state index in [1.807, 2.05) is 0 Å². The molecule has 2 aliphatic rings. The highest BCUT2D eigenvalue weighted by molar-refractivity contribution is 6.30. The van der Waals surface area contributed by atoms with Crippen LogP contribution in [-0.4, -0.2) is 30.0 Å². The molecule has 4 rings (SSSR count). The van der Waals surface area contributed by atoms with Gasteiger partial charge in [0.2, 0.25) is 0 Å². The van der Waals surface area contributed by atoms with Crippen molar-refractivity contribution in [1.29, 1.82) is 0 Å². The summed E-state index contributed by atoms with van der Waals surface area (Å²) in [7, 11) is 0. The molecule has 26 heavy (non-hydrogen) atoms. The van der Waals surface area contributed by atoms with E-state index in [0.717, 1.165) is 0 Å². The standard InChI is InChI=1S/C18H16ClF2N3O2/c19-11-5-6-13(23-9-11)15-16(22)24-17(18(20,21)10-26-15)7-8-25-14-4-2-1-3-12(14)17/h1-6,9,15H,7-8,10H2,(H2,22,24)/t15-,17?/m1/s1. The lowest BCUT2D eigenvalue weighted by Crippen LogP contribution is -2.49. The zero-order valence-electron chi connectivity index (χ0n) is 13.7. The van der Waals surface area contributed by atoms with Crippen molar-refractivity contribution in [2.45, 2.75) is 24.0 Å². The van der Waals surface area contributed by atoms with E-state index < -0.39 is 24.2 Å². The van der Waals surface area contributed by atoms with Gasteiger partial charge in [-0.25, -0.2) is 8.78 Å². The number of halogens is 3. The summed E-state index contributed by atoms with van der Waals surface area (Å²) in [5, 5.41) is 0.429. The van der Waals surface area contributed by atoms with E-state index >= 15 is 8.78 Å². The second-order valence-electron chi connectivity index (χ2n) is 6.29. The zero-order valence-corrected chi connectivity index (χ0v) is 14.4. The summed E-state index contributed by atoms with van der Waals surface area (Å²) in [5.74, 6) is -2.93. The molecule has 0 saturated heterocycles. The van der Waals surface area contributed by atoms with Crippen LogP contribution in [0.2, 0.25) is 5.02 Å². The van der Waals surface area contributed by atoms with Crippen molar-refractivity contribution in [2.24, 2.45) is 10.7 Å². The molecule has 2 atom stereocenters. The fourth-order valence-corrected chi connectivity index (χ4v) is 3.52. The third kappa shape index (κ3) is 2.62. The molecule has 1 aromatic heterocycles. The lowest BCUT2D eigenvalue weighted by atomic mass is 9.79. The monoisotopic (exact) mass is 379 g/mol. The minimum absolute atomic E-state index is 0.00183. The summed E-state index contributed by atoms with van der Waals surface area (Å²) in [4.78, 5) is 8.44. The van der Waals surface area contributed by atoms with Crippen LogP contribution in [0.3, 0.4) is 0 Å². The van der Waals surface area contributed by atoms with E-state index in [1.165, 1.54) is 6.20 Å². The number of nitrogens with zero attached hydrogens (tertiary/aromatic N) is 2. The van der Waals surface area contributed by atoms with Crippen LogP contribution in [0.1, 0.15) is 23.8 Å². The van der Waals surface area contributed by atoms with E-state index in [2.05, 4.69) is 9.98 Å². The molecule has 1 unspecified atom stereocenters. The Hall–Kier alpha value is -2.25. The van der Waals surface area contributed by atoms with Crippen LogP contribution in [0, 0.1) is 0 Å². The predicted octanol–water partition coefficient (Wildman–Crippen LogP) is 3.48. The largest absolute Gasteiger partial charge is 0.493 e. The highest BCUT2D eigenvalue weighted by atomic mass is 35.5. The lowest BCUT2D eigenvalue weighted by Gasteiger charge is -2.39. The molecule has 1 spiro atoms. The Balaban J connectivity index is 1.84. The second kappa shape index (κ2) is 6.17. The van der Waals surface area contributed by atoms with Gasteiger partial charge in [-0.3, -0.25) is 9.98 Å². The number of fused-ring (bicyclic) bond motifs is 2. The van der Waals surface area contributed by atoms with Gasteiger partial charge in [0, 0.05) is 18.2 Å². The first-order valence-corrected chi connectivity index (χ1v) is 8.49. The van der Waals surface area contributed by atoms with Crippen LogP contribution in [0.15, 0.2) is 47.6 Å². The molecule has 0 aliphatic carbocycles. The first-order chi connectivity index (χ1) is 12.4. The maximum Gasteiger partial charge on any atom is 0.299 e. The summed E-state index contributed by atoms with van der Waals surface area (Å²) in [5.41, 5.74) is 4.98. The number of aromatic nitrogens is 1. The molecule has 1 aromatic carbocycles. The van der Waals surface area contributed by atoms with Gasteiger partial charge in [0.1, 0.15) is 18.2 Å². The lowest BCUT2D eigenvalue weighted by molar-refractivity contribution is -0.139. The second-order valence-corrected chi connectivity index (χ2v) is 6.72. The Bertz CT molecular complexity index is 860. The average Bonchev–Trinajstić information content (AvgIpc) is 2.72. The van der Waals surface area contributed by atoms with E-state index in [9.17, 15) is 0 Å². The Morgan fingerprint density at radius 2 is 2.00 bits per heavy atom. The van der Waals surface area contributed by atoms with Gasteiger partial charge >= 0.3 is 0 Å². The zero-order chi connectivity index (χ0) is 18.4. The van der Waals surface area contributed by atoms with Crippen LogP contribution in [-0.2, 0) is 10.3 Å². The number of hydrogen-bond donors (Lipinski definition) is 1. The Morgan fingerprint density at radius 3 is 2.77 bits per heavy atom. The van der Waals surface area contributed by atoms with Gasteiger partial charge in [-0.15, -0.1) is 0 Å². The van der Waals surface area contributed by atoms with Crippen molar-refractivity contribution >= 4 is 17.4 Å². The highest BCUT2D eigenvalue weighted by Crippen LogP contribution is 2.51. The fraction of sp³-hybridized carbons (Fsp3) is 0.333. The minimum atomic E-state index is -3.27. The summed E-state index contributed by atoms with van der Waals surface area (Å²) >= 11 is 5.84. The molecule has 8 heteroatoms. The molecule has 0 radical (unpaired) electrons. The van der Waals surface area contributed by atoms with Crippen molar-refractivity contribution in [2.75, 3.05) is 13.2 Å². The van der Waals surface area contributed by atoms with Gasteiger partial charge in [-0.05, 0) is 18.2 Å². The molecule has 0 fully saturated rings. The maximum atomic E-state index is 15.2. The first-order valence-electron chi connectivity index (χ1n) is 8.11. The van der Waals surface area contributed by atoms with E-state index in [0.29, 0.717) is 22.0 Å². The smallest absolute Gasteiger partial charge is 0.299 e. The van der Waals surface area contributed by atoms with Crippen LogP contribution in [0.4, 0.5) is 8.78 Å². The topological polar surface area (TPSA) is 69.7 Å². The number of hydrogen-bond acceptors (Lipinski definition) is 5. The van der Waals surface area contributed by atoms with E-state index in [1.54, 1.807) is 36.4 Å². The summed E-state index contributed by atoms with van der Waals surface area (Å²) in [6.45, 7) is -0.715. The van der Waals surface area contributed by atoms with E-state index in [-0.39, 0.29) is 18.9 Å². The van der Waals surface area contributed by atoms with Crippen molar-refractivity contribution < 1.29 is 18.3 Å². The third-order valence-electron chi connectivity index (χ3n) is 4.70. The van der Waals surface area contributed by atoms with Crippen molar-refractivity contribution in [1.82, 2.24) is 4.98 Å². The minimum Gasteiger partial charge on any atom is -0.493 e. The molecule has 0 saturated carbocycles. The number of benzene rings is 1. The number of alkyl halides is 2. The molecule has 2 N–H and O–H groups in total. The number of aliphatic imine (C=N–C) groups is 1. The number of rotatable bonds is 1. The molecular formula is C18H16ClF2N3O2. The van der Waals surface area contributed by atoms with Gasteiger partial charge in [-0.2, -0.15) is 0 Å². The number of pyridine rings is 1. The molecule has 3 heterocycles. The number of para-hydroxylation sites is 1. The molecule has 5 nitrogen and oxygen atoms in total. The highest BCUT2D eigenvalue weighted by Gasteiger charge is 2.59. The van der Waals surface area contributed by atoms with Crippen LogP contribution >= 0.6 is 11.6 Å². The number of ether oxygens (including phenoxy) is 2. The van der Waals surface area contributed by atoms with Crippen LogP contribution in [0.25, 0.3) is 0 Å². The van der Waals surface area contributed by atoms with Gasteiger partial charge in [0.05, 0.1) is 17.3 Å². The molecule has 0 amide bonds. The Labute approximate surface area is 153 Å². The predicted molar refractivity (Wildman–Crippen MR) is 92.7 cm³/mol. The van der Waals surface area contributed by atoms with Gasteiger partial charge in [-0.1, -0.05) is 29.8 Å². The van der Waals surface area contributed by atoms with Gasteiger partial charge in [0.25, 0.3) is 5.92 Å². The Kier molecular flexibility index (Phi) is 4.08.